The molecule has 0 amide bonds. The smallest absolute Gasteiger partial charge is 0.394 e. The molecule has 0 unspecified atom stereocenters. The van der Waals surface area contributed by atoms with Crippen LogP contribution in [0.25, 0.3) is 11.2 Å². The molecule has 0 saturated carbocycles. The van der Waals surface area contributed by atoms with Gasteiger partial charge in [-0.2, -0.15) is 8.78 Å². The summed E-state index contributed by atoms with van der Waals surface area (Å²) in [7, 11) is -5.67. The largest absolute Gasteiger partial charge is 0.394 e. The summed E-state index contributed by atoms with van der Waals surface area (Å²) in [5, 5.41) is 38.1. The molecular formula is C15H23F2N4O10P. The molecule has 0 radical (unpaired) electrons. The van der Waals surface area contributed by atoms with Gasteiger partial charge in [-0.25, -0.2) is 9.59 Å². The number of imidazole rings is 1. The second-order valence-corrected chi connectivity index (χ2v) is 8.87. The number of aromatic nitrogens is 4. The second-order valence-electron chi connectivity index (χ2n) is 7.13. The lowest BCUT2D eigenvalue weighted by Crippen LogP contribution is -2.43. The highest BCUT2D eigenvalue weighted by atomic mass is 31.2. The lowest BCUT2D eigenvalue weighted by molar-refractivity contribution is -0.0806. The van der Waals surface area contributed by atoms with E-state index in [0.717, 1.165) is 4.57 Å². The minimum absolute atomic E-state index is 0.207. The Hall–Kier alpha value is -2.20. The van der Waals surface area contributed by atoms with E-state index in [1.807, 2.05) is 4.98 Å². The first-order chi connectivity index (χ1) is 14.7. The van der Waals surface area contributed by atoms with Crippen molar-refractivity contribution in [2.24, 2.45) is 0 Å². The zero-order valence-electron chi connectivity index (χ0n) is 16.4. The summed E-state index contributed by atoms with van der Waals surface area (Å²) in [4.78, 5) is 58.0. The van der Waals surface area contributed by atoms with Crippen LogP contribution in [0.3, 0.4) is 0 Å². The molecule has 2 aromatic heterocycles. The summed E-state index contributed by atoms with van der Waals surface area (Å²) >= 11 is 0. The fraction of sp³-hybridized carbons (Fsp3) is 0.667. The Labute approximate surface area is 176 Å². The zero-order valence-corrected chi connectivity index (χ0v) is 17.3. The fourth-order valence-corrected chi connectivity index (χ4v) is 3.49. The maximum absolute atomic E-state index is 13.4. The van der Waals surface area contributed by atoms with Gasteiger partial charge in [-0.15, -0.1) is 0 Å². The molecule has 32 heavy (non-hydrogen) atoms. The van der Waals surface area contributed by atoms with Gasteiger partial charge in [0.15, 0.2) is 5.52 Å². The molecular weight excluding hydrogens is 465 g/mol. The monoisotopic (exact) mass is 488 g/mol. The van der Waals surface area contributed by atoms with Crippen LogP contribution >= 0.6 is 7.60 Å². The number of rotatable bonds is 11. The van der Waals surface area contributed by atoms with E-state index in [1.165, 1.54) is 0 Å². The van der Waals surface area contributed by atoms with E-state index >= 15 is 0 Å². The minimum Gasteiger partial charge on any atom is -0.394 e. The molecule has 182 valence electrons. The average molecular weight is 488 g/mol. The molecule has 0 aliphatic heterocycles. The van der Waals surface area contributed by atoms with E-state index < -0.39 is 74.5 Å². The molecule has 0 aliphatic rings. The molecule has 17 heteroatoms. The number of hydrogen-bond acceptors (Lipinski definition) is 8. The molecule has 2 rings (SSSR count). The standard InChI is InChI=1S/C15H23F2N4O10P/c16-15(17,32(29,30)31)3-1-2-4-20-9-11(18-13(27)19-12(9)26)21(14(20)28)5-7(23)10(25)8(24)6-22/h7-8,10,22-25H,1-6H2,(H2,29,30,31)(H2,18,19,26,27)/t7-,8-,10+/m1/s1. The Kier molecular flexibility index (Phi) is 7.93. The number of nitrogens with zero attached hydrogens (tertiary/aromatic N) is 2. The highest BCUT2D eigenvalue weighted by molar-refractivity contribution is 7.53. The van der Waals surface area contributed by atoms with Crippen LogP contribution in [0.15, 0.2) is 14.4 Å². The third-order valence-electron chi connectivity index (χ3n) is 4.78. The first-order valence-corrected chi connectivity index (χ1v) is 10.9. The molecule has 0 aliphatic carbocycles. The zero-order chi connectivity index (χ0) is 24.4. The van der Waals surface area contributed by atoms with Crippen molar-refractivity contribution in [3.63, 3.8) is 0 Å². The van der Waals surface area contributed by atoms with Crippen molar-refractivity contribution in [1.29, 1.82) is 0 Å². The van der Waals surface area contributed by atoms with Crippen molar-refractivity contribution in [3.8, 4) is 0 Å². The third-order valence-corrected chi connectivity index (χ3v) is 5.86. The van der Waals surface area contributed by atoms with E-state index in [2.05, 4.69) is 4.98 Å². The molecule has 0 bridgehead atoms. The summed E-state index contributed by atoms with van der Waals surface area (Å²) in [6, 6.07) is 0. The van der Waals surface area contributed by atoms with Gasteiger partial charge >= 0.3 is 24.6 Å². The van der Waals surface area contributed by atoms with Gasteiger partial charge in [-0.05, 0) is 12.8 Å². The lowest BCUT2D eigenvalue weighted by atomic mass is 10.1. The predicted octanol–water partition coefficient (Wildman–Crippen LogP) is -2.80. The van der Waals surface area contributed by atoms with E-state index in [4.69, 9.17) is 14.9 Å². The fourth-order valence-electron chi connectivity index (χ4n) is 3.04. The first-order valence-electron chi connectivity index (χ1n) is 9.25. The summed E-state index contributed by atoms with van der Waals surface area (Å²) in [5.41, 5.74) is -7.97. The quantitative estimate of drug-likeness (QED) is 0.120. The van der Waals surface area contributed by atoms with Crippen LogP contribution in [0.2, 0.25) is 0 Å². The number of aryl methyl sites for hydroxylation is 1. The van der Waals surface area contributed by atoms with Crippen LogP contribution in [0.5, 0.6) is 0 Å². The summed E-state index contributed by atoms with van der Waals surface area (Å²) < 4.78 is 39.1. The van der Waals surface area contributed by atoms with E-state index in [-0.39, 0.29) is 24.1 Å². The number of alkyl halides is 2. The number of hydrogen-bond donors (Lipinski definition) is 8. The molecule has 0 fully saturated rings. The molecule has 2 heterocycles. The van der Waals surface area contributed by atoms with Gasteiger partial charge in [0.05, 0.1) is 13.2 Å². The Morgan fingerprint density at radius 1 is 1.00 bits per heavy atom. The van der Waals surface area contributed by atoms with Crippen molar-refractivity contribution in [3.05, 3.63) is 31.3 Å². The van der Waals surface area contributed by atoms with E-state index in [9.17, 15) is 43.0 Å². The van der Waals surface area contributed by atoms with Gasteiger partial charge in [-0.3, -0.25) is 28.5 Å². The number of halogens is 2. The van der Waals surface area contributed by atoms with Crippen molar-refractivity contribution < 1.29 is 43.6 Å². The van der Waals surface area contributed by atoms with E-state index in [1.54, 1.807) is 0 Å². The highest BCUT2D eigenvalue weighted by Gasteiger charge is 2.47. The van der Waals surface area contributed by atoms with Crippen LogP contribution in [0.1, 0.15) is 19.3 Å². The normalized spacial score (nSPS) is 15.8. The molecule has 14 nitrogen and oxygen atoms in total. The molecule has 0 aromatic carbocycles. The average Bonchev–Trinajstić information content (AvgIpc) is 2.94. The maximum atomic E-state index is 13.4. The molecule has 0 spiro atoms. The Morgan fingerprint density at radius 3 is 2.19 bits per heavy atom. The predicted molar refractivity (Wildman–Crippen MR) is 103 cm³/mol. The molecule has 2 aromatic rings. The van der Waals surface area contributed by atoms with Crippen molar-refractivity contribution >= 4 is 18.8 Å². The van der Waals surface area contributed by atoms with Gasteiger partial charge in [0.1, 0.15) is 24.0 Å². The van der Waals surface area contributed by atoms with Gasteiger partial charge in [0, 0.05) is 13.0 Å². The number of aliphatic hydroxyl groups is 4. The van der Waals surface area contributed by atoms with Crippen molar-refractivity contribution in [2.45, 2.75) is 56.3 Å². The Balaban J connectivity index is 2.36. The summed E-state index contributed by atoms with van der Waals surface area (Å²) in [6.45, 7) is -1.96. The Bertz CT molecular complexity index is 1170. The summed E-state index contributed by atoms with van der Waals surface area (Å²) in [5.74, 6) is 0. The van der Waals surface area contributed by atoms with Crippen LogP contribution in [0.4, 0.5) is 8.78 Å². The third kappa shape index (κ3) is 5.40. The lowest BCUT2D eigenvalue weighted by Gasteiger charge is -2.21. The number of H-pyrrole nitrogens is 2. The van der Waals surface area contributed by atoms with Crippen molar-refractivity contribution in [2.75, 3.05) is 6.61 Å². The SMILES string of the molecule is O=c1[nH]c(=O)c2c([nH]1)n(C[C@@H](O)[C@H](O)[C@H](O)CO)c(=O)n2CCCCC(F)(F)P(=O)(O)O. The van der Waals surface area contributed by atoms with Crippen LogP contribution < -0.4 is 16.9 Å². The van der Waals surface area contributed by atoms with Crippen LogP contribution in [-0.4, -0.2) is 79.9 Å². The summed E-state index contributed by atoms with van der Waals surface area (Å²) in [6.07, 6.45) is -7.24. The number of aromatic amines is 2. The van der Waals surface area contributed by atoms with Gasteiger partial charge in [-0.1, -0.05) is 0 Å². The molecule has 3 atom stereocenters. The topological polar surface area (TPSA) is 231 Å². The van der Waals surface area contributed by atoms with Gasteiger partial charge < -0.3 is 30.2 Å². The molecule has 8 N–H and O–H groups in total. The van der Waals surface area contributed by atoms with Crippen LogP contribution in [0, 0.1) is 0 Å². The second kappa shape index (κ2) is 9.74. The number of fused-ring (bicyclic) bond motifs is 1. The number of nitrogens with one attached hydrogen (secondary N) is 2. The number of unbranched alkanes of at least 4 members (excludes halogenated alkanes) is 1. The van der Waals surface area contributed by atoms with Crippen molar-refractivity contribution in [1.82, 2.24) is 19.1 Å². The van der Waals surface area contributed by atoms with Crippen LogP contribution in [-0.2, 0) is 17.7 Å². The number of aliphatic hydroxyl groups excluding tert-OH is 4. The maximum Gasteiger partial charge on any atom is 0.394 e. The van der Waals surface area contributed by atoms with E-state index in [0.29, 0.717) is 4.57 Å². The minimum atomic E-state index is -5.67. The van der Waals surface area contributed by atoms with Gasteiger partial charge in [0.25, 0.3) is 5.56 Å². The van der Waals surface area contributed by atoms with Gasteiger partial charge in [0.2, 0.25) is 0 Å². The Morgan fingerprint density at radius 2 is 1.62 bits per heavy atom. The molecule has 0 saturated heterocycles. The highest BCUT2D eigenvalue weighted by Crippen LogP contribution is 2.55. The first kappa shape index (κ1) is 26.1.